The van der Waals surface area contributed by atoms with Crippen molar-refractivity contribution in [2.45, 2.75) is 52.2 Å². The van der Waals surface area contributed by atoms with Crippen LogP contribution in [0.15, 0.2) is 18.3 Å². The minimum absolute atomic E-state index is 0.518. The molecule has 0 saturated carbocycles. The Hall–Kier alpha value is -1.13. The number of hydrogen-bond donors (Lipinski definition) is 2. The van der Waals surface area contributed by atoms with Crippen molar-refractivity contribution in [2.24, 2.45) is 5.92 Å². The molecule has 0 bridgehead atoms. The molecule has 2 heterocycles. The summed E-state index contributed by atoms with van der Waals surface area (Å²) in [4.78, 5) is 6.88. The van der Waals surface area contributed by atoms with Crippen LogP contribution in [0.5, 0.6) is 0 Å². The average molecular weight is 291 g/mol. The van der Waals surface area contributed by atoms with Gasteiger partial charge in [-0.25, -0.2) is 4.98 Å². The third kappa shape index (κ3) is 5.29. The fourth-order valence-corrected chi connectivity index (χ4v) is 2.71. The topological polar surface area (TPSA) is 48.4 Å². The first kappa shape index (κ1) is 16.2. The number of rotatable bonds is 5. The predicted molar refractivity (Wildman–Crippen MR) is 87.5 cm³/mol. The Morgan fingerprint density at radius 1 is 1.33 bits per heavy atom. The first-order valence-electron chi connectivity index (χ1n) is 8.09. The van der Waals surface area contributed by atoms with E-state index in [-0.39, 0.29) is 0 Å². The number of anilines is 1. The minimum Gasteiger partial charge on any atom is -0.390 e. The highest BCUT2D eigenvalue weighted by Gasteiger charge is 2.25. The highest BCUT2D eigenvalue weighted by atomic mass is 16.3. The van der Waals surface area contributed by atoms with Crippen LogP contribution in [0, 0.1) is 5.92 Å². The molecule has 0 amide bonds. The Balaban J connectivity index is 1.89. The van der Waals surface area contributed by atoms with Gasteiger partial charge in [0.15, 0.2) is 0 Å². The number of hydrogen-bond acceptors (Lipinski definition) is 4. The van der Waals surface area contributed by atoms with Crippen molar-refractivity contribution in [3.05, 3.63) is 23.9 Å². The van der Waals surface area contributed by atoms with Gasteiger partial charge in [-0.3, -0.25) is 0 Å². The highest BCUT2D eigenvalue weighted by molar-refractivity contribution is 5.39. The van der Waals surface area contributed by atoms with Gasteiger partial charge in [0.2, 0.25) is 0 Å². The van der Waals surface area contributed by atoms with Crippen molar-refractivity contribution in [2.75, 3.05) is 24.5 Å². The first-order chi connectivity index (χ1) is 9.96. The quantitative estimate of drug-likeness (QED) is 0.875. The molecular weight excluding hydrogens is 262 g/mol. The van der Waals surface area contributed by atoms with Crippen LogP contribution in [0.4, 0.5) is 5.82 Å². The molecule has 1 aliphatic rings. The van der Waals surface area contributed by atoms with Gasteiger partial charge in [0.05, 0.1) is 5.60 Å². The lowest BCUT2D eigenvalue weighted by Crippen LogP contribution is -2.28. The second-order valence-corrected chi connectivity index (χ2v) is 6.89. The molecular formula is C17H29N3O. The summed E-state index contributed by atoms with van der Waals surface area (Å²) < 4.78 is 0. The molecule has 1 aliphatic heterocycles. The van der Waals surface area contributed by atoms with Crippen LogP contribution in [-0.4, -0.2) is 35.3 Å². The van der Waals surface area contributed by atoms with Crippen LogP contribution >= 0.6 is 0 Å². The molecule has 4 nitrogen and oxygen atoms in total. The molecule has 0 spiro atoms. The minimum atomic E-state index is -0.518. The first-order valence-corrected chi connectivity index (χ1v) is 8.09. The van der Waals surface area contributed by atoms with Gasteiger partial charge in [0.25, 0.3) is 0 Å². The van der Waals surface area contributed by atoms with E-state index < -0.39 is 5.60 Å². The van der Waals surface area contributed by atoms with E-state index >= 15 is 0 Å². The molecule has 1 unspecified atom stereocenters. The smallest absolute Gasteiger partial charge is 0.128 e. The third-order valence-corrected chi connectivity index (χ3v) is 4.08. The summed E-state index contributed by atoms with van der Waals surface area (Å²) >= 11 is 0. The van der Waals surface area contributed by atoms with E-state index in [4.69, 9.17) is 0 Å². The van der Waals surface area contributed by atoms with Crippen LogP contribution in [0.1, 0.15) is 45.6 Å². The molecule has 1 aromatic rings. The molecule has 1 aromatic heterocycles. The van der Waals surface area contributed by atoms with Crippen LogP contribution in [0.3, 0.4) is 0 Å². The van der Waals surface area contributed by atoms with Gasteiger partial charge >= 0.3 is 0 Å². The van der Waals surface area contributed by atoms with Gasteiger partial charge in [-0.2, -0.15) is 0 Å². The zero-order chi connectivity index (χ0) is 15.3. The number of aromatic nitrogens is 1. The van der Waals surface area contributed by atoms with E-state index in [0.29, 0.717) is 5.92 Å². The lowest BCUT2D eigenvalue weighted by atomic mass is 9.98. The maximum atomic E-state index is 10.1. The molecule has 2 N–H and O–H groups in total. The van der Waals surface area contributed by atoms with Gasteiger partial charge < -0.3 is 15.3 Å². The summed E-state index contributed by atoms with van der Waals surface area (Å²) in [5.74, 6) is 1.70. The van der Waals surface area contributed by atoms with E-state index in [9.17, 15) is 5.11 Å². The van der Waals surface area contributed by atoms with Crippen LogP contribution in [0.2, 0.25) is 0 Å². The Morgan fingerprint density at radius 2 is 2.14 bits per heavy atom. The van der Waals surface area contributed by atoms with Crippen molar-refractivity contribution in [3.8, 4) is 0 Å². The molecule has 1 saturated heterocycles. The van der Waals surface area contributed by atoms with Crippen molar-refractivity contribution in [1.29, 1.82) is 0 Å². The number of nitrogens with zero attached hydrogens (tertiary/aromatic N) is 2. The molecule has 1 atom stereocenters. The second-order valence-electron chi connectivity index (χ2n) is 6.89. The zero-order valence-corrected chi connectivity index (χ0v) is 13.6. The van der Waals surface area contributed by atoms with Gasteiger partial charge in [-0.15, -0.1) is 0 Å². The fraction of sp³-hybridized carbons (Fsp3) is 0.706. The van der Waals surface area contributed by atoms with Gasteiger partial charge in [0.1, 0.15) is 5.82 Å². The van der Waals surface area contributed by atoms with Crippen molar-refractivity contribution < 1.29 is 5.11 Å². The SMILES string of the molecule is CC(C)CNCc1ccc(N2CCCC(C)(O)CC2)nc1. The number of nitrogens with one attached hydrogen (secondary N) is 1. The van der Waals surface area contributed by atoms with Crippen molar-refractivity contribution >= 4 is 5.82 Å². The largest absolute Gasteiger partial charge is 0.390 e. The summed E-state index contributed by atoms with van der Waals surface area (Å²) in [7, 11) is 0. The molecule has 0 aliphatic carbocycles. The zero-order valence-electron chi connectivity index (χ0n) is 13.6. The van der Waals surface area contributed by atoms with Gasteiger partial charge in [-0.1, -0.05) is 19.9 Å². The summed E-state index contributed by atoms with van der Waals surface area (Å²) in [6.45, 7) is 10.1. The predicted octanol–water partition coefficient (Wildman–Crippen LogP) is 2.57. The summed E-state index contributed by atoms with van der Waals surface area (Å²) in [6.07, 6.45) is 4.67. The van der Waals surface area contributed by atoms with Crippen molar-refractivity contribution in [3.63, 3.8) is 0 Å². The monoisotopic (exact) mass is 291 g/mol. The Kier molecular flexibility index (Phi) is 5.59. The normalized spacial score (nSPS) is 23.4. The van der Waals surface area contributed by atoms with Crippen LogP contribution in [-0.2, 0) is 6.54 Å². The second kappa shape index (κ2) is 7.23. The molecule has 1 fully saturated rings. The van der Waals surface area contributed by atoms with Gasteiger partial charge in [0, 0.05) is 25.8 Å². The standard InChI is InChI=1S/C17H29N3O/c1-14(2)11-18-12-15-5-6-16(19-13-15)20-9-4-7-17(3,21)8-10-20/h5-6,13-14,18,21H,4,7-12H2,1-3H3. The summed E-state index contributed by atoms with van der Waals surface area (Å²) in [6, 6.07) is 4.26. The number of pyridine rings is 1. The van der Waals surface area contributed by atoms with Gasteiger partial charge in [-0.05, 0) is 50.3 Å². The maximum absolute atomic E-state index is 10.1. The van der Waals surface area contributed by atoms with E-state index in [1.165, 1.54) is 5.56 Å². The molecule has 118 valence electrons. The summed E-state index contributed by atoms with van der Waals surface area (Å²) in [5.41, 5.74) is 0.705. The Bertz CT molecular complexity index is 428. The molecule has 2 rings (SSSR count). The Labute approximate surface area is 128 Å². The molecule has 0 radical (unpaired) electrons. The maximum Gasteiger partial charge on any atom is 0.128 e. The summed E-state index contributed by atoms with van der Waals surface area (Å²) in [5, 5.41) is 13.6. The van der Waals surface area contributed by atoms with E-state index in [1.807, 2.05) is 13.1 Å². The third-order valence-electron chi connectivity index (χ3n) is 4.08. The van der Waals surface area contributed by atoms with Crippen LogP contribution < -0.4 is 10.2 Å². The average Bonchev–Trinajstić information content (AvgIpc) is 2.60. The Morgan fingerprint density at radius 3 is 2.81 bits per heavy atom. The van der Waals surface area contributed by atoms with E-state index in [1.54, 1.807) is 0 Å². The van der Waals surface area contributed by atoms with E-state index in [2.05, 4.69) is 41.2 Å². The molecule has 21 heavy (non-hydrogen) atoms. The molecule has 4 heteroatoms. The fourth-order valence-electron chi connectivity index (χ4n) is 2.71. The highest BCUT2D eigenvalue weighted by Crippen LogP contribution is 2.24. The lowest BCUT2D eigenvalue weighted by molar-refractivity contribution is 0.0481. The lowest BCUT2D eigenvalue weighted by Gasteiger charge is -2.23. The number of aliphatic hydroxyl groups is 1. The van der Waals surface area contributed by atoms with E-state index in [0.717, 1.165) is 51.3 Å². The van der Waals surface area contributed by atoms with Crippen molar-refractivity contribution in [1.82, 2.24) is 10.3 Å². The molecule has 0 aromatic carbocycles. The van der Waals surface area contributed by atoms with Crippen LogP contribution in [0.25, 0.3) is 0 Å².